The number of carboxylic acid groups (broad SMARTS) is 1. The second-order valence-electron chi connectivity index (χ2n) is 4.31. The average molecular weight is 324 g/mol. The summed E-state index contributed by atoms with van der Waals surface area (Å²) in [6.45, 7) is 0.114. The molecule has 0 aromatic heterocycles. The van der Waals surface area contributed by atoms with Crippen molar-refractivity contribution in [2.24, 2.45) is 0 Å². The number of sulfonamides is 1. The van der Waals surface area contributed by atoms with E-state index >= 15 is 0 Å². The minimum absolute atomic E-state index is 0.00479. The third-order valence-electron chi connectivity index (χ3n) is 2.64. The maximum Gasteiger partial charge on any atom is 0.303 e. The Morgan fingerprint density at radius 3 is 2.41 bits per heavy atom. The van der Waals surface area contributed by atoms with Gasteiger partial charge in [0.05, 0.1) is 11.4 Å². The van der Waals surface area contributed by atoms with Gasteiger partial charge in [-0.3, -0.25) is 9.59 Å². The van der Waals surface area contributed by atoms with Crippen LogP contribution in [0.2, 0.25) is 0 Å². The van der Waals surface area contributed by atoms with Crippen LogP contribution in [-0.4, -0.2) is 38.5 Å². The van der Waals surface area contributed by atoms with Crippen LogP contribution in [0.3, 0.4) is 0 Å². The van der Waals surface area contributed by atoms with Gasteiger partial charge in [0, 0.05) is 18.5 Å². The zero-order chi connectivity index (χ0) is 16.6. The van der Waals surface area contributed by atoms with E-state index < -0.39 is 21.9 Å². The second kappa shape index (κ2) is 8.17. The zero-order valence-electron chi connectivity index (χ0n) is 11.7. The Balaban J connectivity index is 2.63. The van der Waals surface area contributed by atoms with E-state index in [1.807, 2.05) is 0 Å². The van der Waals surface area contributed by atoms with E-state index in [1.165, 1.54) is 24.3 Å². The molecule has 7 nitrogen and oxygen atoms in total. The van der Waals surface area contributed by atoms with Gasteiger partial charge in [-0.05, 0) is 30.7 Å². The minimum atomic E-state index is -3.68. The molecule has 0 saturated carbocycles. The molecule has 0 bridgehead atoms. The number of rotatable bonds is 8. The fourth-order valence-corrected chi connectivity index (χ4v) is 2.48. The number of hydrogen-bond acceptors (Lipinski definition) is 4. The fraction of sp³-hybridized carbons (Fsp3) is 0.286. The number of aliphatic carboxylic acids is 1. The van der Waals surface area contributed by atoms with E-state index in [0.717, 1.165) is 0 Å². The van der Waals surface area contributed by atoms with Gasteiger partial charge in [0.1, 0.15) is 0 Å². The van der Waals surface area contributed by atoms with E-state index in [2.05, 4.69) is 16.0 Å². The van der Waals surface area contributed by atoms with E-state index in [0.29, 0.717) is 6.42 Å². The van der Waals surface area contributed by atoms with Crippen molar-refractivity contribution in [2.45, 2.75) is 17.7 Å². The smallest absolute Gasteiger partial charge is 0.303 e. The molecule has 0 aliphatic carbocycles. The lowest BCUT2D eigenvalue weighted by molar-refractivity contribution is -0.137. The van der Waals surface area contributed by atoms with Gasteiger partial charge in [0.2, 0.25) is 10.0 Å². The Labute approximate surface area is 128 Å². The molecule has 0 atom stereocenters. The summed E-state index contributed by atoms with van der Waals surface area (Å²) in [6.07, 6.45) is 5.28. The van der Waals surface area contributed by atoms with Gasteiger partial charge in [0.25, 0.3) is 5.91 Å². The lowest BCUT2D eigenvalue weighted by atomic mass is 10.2. The van der Waals surface area contributed by atoms with Crippen molar-refractivity contribution in [3.63, 3.8) is 0 Å². The molecule has 1 amide bonds. The number of nitrogens with one attached hydrogen (secondary N) is 2. The van der Waals surface area contributed by atoms with Crippen molar-refractivity contribution in [1.82, 2.24) is 10.0 Å². The van der Waals surface area contributed by atoms with Gasteiger partial charge >= 0.3 is 5.97 Å². The monoisotopic (exact) mass is 324 g/mol. The van der Waals surface area contributed by atoms with Crippen LogP contribution in [0.25, 0.3) is 0 Å². The van der Waals surface area contributed by atoms with Crippen LogP contribution in [0.15, 0.2) is 29.2 Å². The molecule has 8 heteroatoms. The lowest BCUT2D eigenvalue weighted by Gasteiger charge is -2.06. The number of carbonyl (C=O) groups excluding carboxylic acids is 1. The standard InChI is InChI=1S/C14H16N2O5S/c1-2-9-16-22(20,21)12-7-5-11(6-8-12)14(19)15-10-3-4-13(17)18/h1,5-8,16H,3-4,9-10H2,(H,15,19)(H,17,18). The van der Waals surface area contributed by atoms with Crippen molar-refractivity contribution in [1.29, 1.82) is 0 Å². The molecule has 0 saturated heterocycles. The van der Waals surface area contributed by atoms with Crippen LogP contribution in [0, 0.1) is 12.3 Å². The molecule has 0 unspecified atom stereocenters. The minimum Gasteiger partial charge on any atom is -0.481 e. The van der Waals surface area contributed by atoms with Gasteiger partial charge in [-0.25, -0.2) is 8.42 Å². The molecule has 0 spiro atoms. The predicted octanol–water partition coefficient (Wildman–Crippen LogP) is 0.193. The first kappa shape index (κ1) is 17.7. The van der Waals surface area contributed by atoms with Gasteiger partial charge < -0.3 is 10.4 Å². The van der Waals surface area contributed by atoms with Crippen molar-refractivity contribution in [2.75, 3.05) is 13.1 Å². The molecule has 0 radical (unpaired) electrons. The summed E-state index contributed by atoms with van der Waals surface area (Å²) in [5, 5.41) is 11.0. The number of benzene rings is 1. The highest BCUT2D eigenvalue weighted by atomic mass is 32.2. The van der Waals surface area contributed by atoms with Crippen molar-refractivity contribution >= 4 is 21.9 Å². The van der Waals surface area contributed by atoms with Crippen LogP contribution >= 0.6 is 0 Å². The van der Waals surface area contributed by atoms with Crippen LogP contribution in [0.4, 0.5) is 0 Å². The highest BCUT2D eigenvalue weighted by molar-refractivity contribution is 7.89. The molecule has 3 N–H and O–H groups in total. The van der Waals surface area contributed by atoms with Crippen LogP contribution < -0.4 is 10.0 Å². The maximum atomic E-state index is 11.8. The lowest BCUT2D eigenvalue weighted by Crippen LogP contribution is -2.26. The van der Waals surface area contributed by atoms with Crippen molar-refractivity contribution < 1.29 is 23.1 Å². The van der Waals surface area contributed by atoms with Gasteiger partial charge in [-0.15, -0.1) is 6.42 Å². The van der Waals surface area contributed by atoms with Gasteiger partial charge in [-0.2, -0.15) is 4.72 Å². The summed E-state index contributed by atoms with van der Waals surface area (Å²) in [7, 11) is -3.68. The molecule has 118 valence electrons. The molecule has 22 heavy (non-hydrogen) atoms. The molecule has 0 fully saturated rings. The van der Waals surface area contributed by atoms with E-state index in [4.69, 9.17) is 11.5 Å². The number of carboxylic acids is 1. The van der Waals surface area contributed by atoms with Crippen molar-refractivity contribution in [3.8, 4) is 12.3 Å². The van der Waals surface area contributed by atoms with E-state index in [-0.39, 0.29) is 30.0 Å². The predicted molar refractivity (Wildman–Crippen MR) is 79.7 cm³/mol. The van der Waals surface area contributed by atoms with E-state index in [9.17, 15) is 18.0 Å². The Hall–Kier alpha value is -2.37. The molecule has 0 aliphatic heterocycles. The van der Waals surface area contributed by atoms with Gasteiger partial charge in [0.15, 0.2) is 0 Å². The Bertz CT molecular complexity index is 674. The summed E-state index contributed by atoms with van der Waals surface area (Å²) in [6, 6.07) is 5.34. The van der Waals surface area contributed by atoms with Gasteiger partial charge in [-0.1, -0.05) is 5.92 Å². The number of hydrogen-bond donors (Lipinski definition) is 3. The Kier molecular flexibility index (Phi) is 6.56. The second-order valence-corrected chi connectivity index (χ2v) is 6.07. The summed E-state index contributed by atoms with van der Waals surface area (Å²) < 4.78 is 25.8. The SMILES string of the molecule is C#CCNS(=O)(=O)c1ccc(C(=O)NCCCC(=O)O)cc1. The first-order chi connectivity index (χ1) is 10.4. The first-order valence-corrected chi connectivity index (χ1v) is 7.88. The zero-order valence-corrected chi connectivity index (χ0v) is 12.5. The Morgan fingerprint density at radius 2 is 1.86 bits per heavy atom. The normalized spacial score (nSPS) is 10.7. The van der Waals surface area contributed by atoms with Crippen LogP contribution in [0.1, 0.15) is 23.2 Å². The third kappa shape index (κ3) is 5.55. The molecule has 0 aliphatic rings. The highest BCUT2D eigenvalue weighted by Gasteiger charge is 2.13. The maximum absolute atomic E-state index is 11.8. The molecular weight excluding hydrogens is 308 g/mol. The first-order valence-electron chi connectivity index (χ1n) is 6.40. The summed E-state index contributed by atoms with van der Waals surface area (Å²) in [4.78, 5) is 22.1. The molecular formula is C14H16N2O5S. The number of amides is 1. The largest absolute Gasteiger partial charge is 0.481 e. The molecule has 1 rings (SSSR count). The molecule has 0 heterocycles. The Morgan fingerprint density at radius 1 is 1.23 bits per heavy atom. The average Bonchev–Trinajstić information content (AvgIpc) is 2.49. The van der Waals surface area contributed by atoms with Crippen molar-refractivity contribution in [3.05, 3.63) is 29.8 Å². The number of carbonyl (C=O) groups is 2. The summed E-state index contributed by atoms with van der Waals surface area (Å²) in [5.74, 6) is 0.839. The summed E-state index contributed by atoms with van der Waals surface area (Å²) >= 11 is 0. The molecule has 1 aromatic rings. The van der Waals surface area contributed by atoms with Crippen LogP contribution in [-0.2, 0) is 14.8 Å². The third-order valence-corrected chi connectivity index (χ3v) is 4.06. The summed E-state index contributed by atoms with van der Waals surface area (Å²) in [5.41, 5.74) is 0.284. The van der Waals surface area contributed by atoms with Crippen LogP contribution in [0.5, 0.6) is 0 Å². The highest BCUT2D eigenvalue weighted by Crippen LogP contribution is 2.10. The fourth-order valence-electron chi connectivity index (χ4n) is 1.55. The number of terminal acetylenes is 1. The quantitative estimate of drug-likeness (QED) is 0.467. The molecule has 1 aromatic carbocycles. The topological polar surface area (TPSA) is 113 Å². The van der Waals surface area contributed by atoms with E-state index in [1.54, 1.807) is 0 Å².